The van der Waals surface area contributed by atoms with Crippen LogP contribution >= 0.6 is 11.6 Å². The smallest absolute Gasteiger partial charge is 0.400 e. The van der Waals surface area contributed by atoms with E-state index in [2.05, 4.69) is 4.98 Å². The molecular formula is C18H16ClNO5. The molecule has 6 nitrogen and oxygen atoms in total. The third-order valence-electron chi connectivity index (χ3n) is 3.83. The van der Waals surface area contributed by atoms with Gasteiger partial charge in [0.2, 0.25) is 5.60 Å². The van der Waals surface area contributed by atoms with E-state index >= 15 is 0 Å². The Hall–Kier alpha value is -2.73. The summed E-state index contributed by atoms with van der Waals surface area (Å²) in [6.07, 6.45) is 0.432. The molecule has 1 N–H and O–H groups in total. The lowest BCUT2D eigenvalue weighted by atomic mass is 10.0. The summed E-state index contributed by atoms with van der Waals surface area (Å²) in [5.41, 5.74) is -0.107. The van der Waals surface area contributed by atoms with Crippen molar-refractivity contribution in [2.75, 3.05) is 0 Å². The van der Waals surface area contributed by atoms with Crippen LogP contribution in [0.25, 0.3) is 11.1 Å². The molecule has 7 heteroatoms. The van der Waals surface area contributed by atoms with Gasteiger partial charge < -0.3 is 19.0 Å². The van der Waals surface area contributed by atoms with Gasteiger partial charge in [-0.15, -0.1) is 0 Å². The van der Waals surface area contributed by atoms with Gasteiger partial charge in [-0.2, -0.15) is 4.98 Å². The highest BCUT2D eigenvalue weighted by Crippen LogP contribution is 2.29. The molecule has 130 valence electrons. The fourth-order valence-corrected chi connectivity index (χ4v) is 2.29. The SMILES string of the molecule is CC[C@@](C)(Oc1ccc(Oc2nc3ccc(Cl)cc3o2)cc1)C(=O)O. The predicted octanol–water partition coefficient (Wildman–Crippen LogP) is 4.91. The zero-order valence-corrected chi connectivity index (χ0v) is 14.4. The minimum atomic E-state index is -1.28. The molecule has 1 heterocycles. The lowest BCUT2D eigenvalue weighted by molar-refractivity contribution is -0.154. The Labute approximate surface area is 148 Å². The maximum absolute atomic E-state index is 11.3. The van der Waals surface area contributed by atoms with Gasteiger partial charge in [0.05, 0.1) is 0 Å². The van der Waals surface area contributed by atoms with Crippen molar-refractivity contribution < 1.29 is 23.8 Å². The number of benzene rings is 2. The average molecular weight is 362 g/mol. The fraction of sp³-hybridized carbons (Fsp3) is 0.222. The molecule has 2 aromatic carbocycles. The number of carbonyl (C=O) groups is 1. The largest absolute Gasteiger partial charge is 0.478 e. The van der Waals surface area contributed by atoms with Crippen molar-refractivity contribution in [3.8, 4) is 17.6 Å². The molecule has 0 aliphatic heterocycles. The van der Waals surface area contributed by atoms with Crippen LogP contribution in [-0.4, -0.2) is 21.7 Å². The maximum atomic E-state index is 11.3. The van der Waals surface area contributed by atoms with Crippen molar-refractivity contribution >= 4 is 28.7 Å². The van der Waals surface area contributed by atoms with Crippen molar-refractivity contribution in [1.29, 1.82) is 0 Å². The van der Waals surface area contributed by atoms with Crippen LogP contribution in [0, 0.1) is 0 Å². The number of carboxylic acid groups (broad SMARTS) is 1. The summed E-state index contributed by atoms with van der Waals surface area (Å²) in [5, 5.41) is 9.80. The molecule has 0 saturated heterocycles. The van der Waals surface area contributed by atoms with Gasteiger partial charge in [-0.05, 0) is 49.7 Å². The first-order valence-electron chi connectivity index (χ1n) is 7.66. The first-order valence-corrected chi connectivity index (χ1v) is 8.04. The van der Waals surface area contributed by atoms with E-state index in [4.69, 9.17) is 25.5 Å². The van der Waals surface area contributed by atoms with E-state index in [9.17, 15) is 9.90 Å². The van der Waals surface area contributed by atoms with Crippen LogP contribution in [0.4, 0.5) is 0 Å². The molecule has 1 atom stereocenters. The molecule has 0 bridgehead atoms. The third kappa shape index (κ3) is 3.69. The first-order chi connectivity index (χ1) is 11.9. The Morgan fingerprint density at radius 2 is 1.92 bits per heavy atom. The highest BCUT2D eigenvalue weighted by molar-refractivity contribution is 6.31. The predicted molar refractivity (Wildman–Crippen MR) is 92.5 cm³/mol. The molecule has 0 saturated carbocycles. The van der Waals surface area contributed by atoms with E-state index < -0.39 is 11.6 Å². The summed E-state index contributed by atoms with van der Waals surface area (Å²) >= 11 is 5.91. The highest BCUT2D eigenvalue weighted by Gasteiger charge is 2.33. The summed E-state index contributed by atoms with van der Waals surface area (Å²) < 4.78 is 16.6. The zero-order valence-electron chi connectivity index (χ0n) is 13.7. The van der Waals surface area contributed by atoms with Crippen LogP contribution in [-0.2, 0) is 4.79 Å². The number of halogens is 1. The lowest BCUT2D eigenvalue weighted by Gasteiger charge is -2.24. The number of fused-ring (bicyclic) bond motifs is 1. The van der Waals surface area contributed by atoms with E-state index in [-0.39, 0.29) is 6.08 Å². The van der Waals surface area contributed by atoms with Crippen LogP contribution < -0.4 is 9.47 Å². The van der Waals surface area contributed by atoms with Crippen LogP contribution in [0.5, 0.6) is 17.6 Å². The normalized spacial score (nSPS) is 13.4. The van der Waals surface area contributed by atoms with Gasteiger partial charge in [0.15, 0.2) is 5.58 Å². The van der Waals surface area contributed by atoms with Gasteiger partial charge in [0.25, 0.3) is 0 Å². The Balaban J connectivity index is 1.74. The first kappa shape index (κ1) is 17.1. The standard InChI is InChI=1S/C18H16ClNO5/c1-3-18(2,16(21)22)25-13-7-5-12(6-8-13)23-17-20-14-9-4-11(19)10-15(14)24-17/h4-10H,3H2,1-2H3,(H,21,22)/t18-/m1/s1. The molecule has 0 amide bonds. The fourth-order valence-electron chi connectivity index (χ4n) is 2.12. The quantitative estimate of drug-likeness (QED) is 0.672. The van der Waals surface area contributed by atoms with E-state index in [0.717, 1.165) is 0 Å². The molecule has 3 aromatic rings. The molecule has 1 aromatic heterocycles. The van der Waals surface area contributed by atoms with Crippen molar-refractivity contribution in [2.24, 2.45) is 0 Å². The minimum Gasteiger partial charge on any atom is -0.478 e. The van der Waals surface area contributed by atoms with Crippen molar-refractivity contribution in [2.45, 2.75) is 25.9 Å². The molecule has 0 radical (unpaired) electrons. The van der Waals surface area contributed by atoms with Crippen LogP contribution in [0.3, 0.4) is 0 Å². The van der Waals surface area contributed by atoms with Gasteiger partial charge in [-0.1, -0.05) is 18.5 Å². The lowest BCUT2D eigenvalue weighted by Crippen LogP contribution is -2.40. The van der Waals surface area contributed by atoms with Gasteiger partial charge in [-0.25, -0.2) is 4.79 Å². The van der Waals surface area contributed by atoms with Crippen LogP contribution in [0.1, 0.15) is 20.3 Å². The Kier molecular flexibility index (Phi) is 4.55. The third-order valence-corrected chi connectivity index (χ3v) is 4.07. The van der Waals surface area contributed by atoms with Gasteiger partial charge in [-0.3, -0.25) is 0 Å². The maximum Gasteiger partial charge on any atom is 0.400 e. The number of rotatable bonds is 6. The summed E-state index contributed by atoms with van der Waals surface area (Å²) in [7, 11) is 0. The summed E-state index contributed by atoms with van der Waals surface area (Å²) in [6, 6.07) is 11.7. The van der Waals surface area contributed by atoms with Gasteiger partial charge in [0.1, 0.15) is 17.0 Å². The van der Waals surface area contributed by atoms with E-state index in [1.807, 2.05) is 0 Å². The van der Waals surface area contributed by atoms with E-state index in [1.165, 1.54) is 6.92 Å². The molecule has 0 spiro atoms. The molecular weight excluding hydrogens is 346 g/mol. The Bertz CT molecular complexity index is 905. The average Bonchev–Trinajstić information content (AvgIpc) is 2.97. The second-order valence-corrected chi connectivity index (χ2v) is 6.09. The Morgan fingerprint density at radius 3 is 2.56 bits per heavy atom. The van der Waals surface area contributed by atoms with Crippen molar-refractivity contribution in [3.05, 3.63) is 47.5 Å². The van der Waals surface area contributed by atoms with Crippen LogP contribution in [0.2, 0.25) is 5.02 Å². The number of aromatic nitrogens is 1. The molecule has 0 fully saturated rings. The van der Waals surface area contributed by atoms with Crippen molar-refractivity contribution in [3.63, 3.8) is 0 Å². The van der Waals surface area contributed by atoms with Gasteiger partial charge in [0, 0.05) is 11.1 Å². The minimum absolute atomic E-state index is 0.0925. The van der Waals surface area contributed by atoms with Crippen LogP contribution in [0.15, 0.2) is 46.9 Å². The number of ether oxygens (including phenoxy) is 2. The monoisotopic (exact) mass is 361 g/mol. The molecule has 25 heavy (non-hydrogen) atoms. The summed E-state index contributed by atoms with van der Waals surface area (Å²) in [6.45, 7) is 3.29. The number of aliphatic carboxylic acids is 1. The Morgan fingerprint density at radius 1 is 1.24 bits per heavy atom. The topological polar surface area (TPSA) is 81.8 Å². The molecule has 3 rings (SSSR count). The second-order valence-electron chi connectivity index (χ2n) is 5.66. The highest BCUT2D eigenvalue weighted by atomic mass is 35.5. The number of hydrogen-bond acceptors (Lipinski definition) is 5. The molecule has 0 unspecified atom stereocenters. The number of nitrogens with zero attached hydrogens (tertiary/aromatic N) is 1. The molecule has 0 aliphatic rings. The summed E-state index contributed by atoms with van der Waals surface area (Å²) in [5.74, 6) is -0.0950. The van der Waals surface area contributed by atoms with E-state index in [1.54, 1.807) is 49.4 Å². The number of hydrogen-bond donors (Lipinski definition) is 1. The van der Waals surface area contributed by atoms with Gasteiger partial charge >= 0.3 is 12.0 Å². The van der Waals surface area contributed by atoms with E-state index in [0.29, 0.717) is 34.0 Å². The van der Waals surface area contributed by atoms with Crippen molar-refractivity contribution in [1.82, 2.24) is 4.98 Å². The molecule has 0 aliphatic carbocycles. The zero-order chi connectivity index (χ0) is 18.0. The number of oxazole rings is 1. The second kappa shape index (κ2) is 6.64. The number of carboxylic acids is 1. The summed E-state index contributed by atoms with van der Waals surface area (Å²) in [4.78, 5) is 15.5.